The van der Waals surface area contributed by atoms with E-state index >= 15 is 8.78 Å². The Morgan fingerprint density at radius 1 is 1.02 bits per heavy atom. The van der Waals surface area contributed by atoms with Gasteiger partial charge in [0.2, 0.25) is 11.8 Å². The Kier molecular flexibility index (Phi) is 9.83. The maximum atomic E-state index is 15.7. The van der Waals surface area contributed by atoms with Gasteiger partial charge in [0.05, 0.1) is 17.3 Å². The number of amides is 3. The van der Waals surface area contributed by atoms with E-state index < -0.39 is 83.3 Å². The van der Waals surface area contributed by atoms with Gasteiger partial charge in [0.1, 0.15) is 34.9 Å². The van der Waals surface area contributed by atoms with Gasteiger partial charge >= 0.3 is 12.7 Å². The SMILES string of the molecule is CN1CCC(n2cc(C(F)(F)F)nc2CC(C)(C)NC(=O)[C@@H](Cc2cnn(C(F)F)c2)N2CCc3c(-c4nc5c(F)nn(C)c5cc4F)ccc(F)c3C2=O)C1=O. The monoisotopic (exact) mass is 806 g/mol. The van der Waals surface area contributed by atoms with Crippen molar-refractivity contribution in [3.8, 4) is 11.3 Å². The molecule has 57 heavy (non-hydrogen) atoms. The zero-order chi connectivity index (χ0) is 41.3. The summed E-state index contributed by atoms with van der Waals surface area (Å²) in [5.74, 6) is -5.38. The summed E-state index contributed by atoms with van der Waals surface area (Å²) in [6, 6.07) is 0.603. The Hall–Kier alpha value is -5.89. The number of benzene rings is 1. The van der Waals surface area contributed by atoms with Crippen molar-refractivity contribution >= 4 is 28.8 Å². The minimum absolute atomic E-state index is 0.0111. The molecular formula is C36H34F8N10O3. The molecule has 0 radical (unpaired) electrons. The van der Waals surface area contributed by atoms with Crippen LogP contribution in [0.3, 0.4) is 0 Å². The lowest BCUT2D eigenvalue weighted by molar-refractivity contribution is -0.141. The van der Waals surface area contributed by atoms with Crippen molar-refractivity contribution in [1.29, 1.82) is 0 Å². The zero-order valence-electron chi connectivity index (χ0n) is 30.7. The lowest BCUT2D eigenvalue weighted by Gasteiger charge is -2.37. The molecule has 0 spiro atoms. The van der Waals surface area contributed by atoms with Crippen LogP contribution < -0.4 is 5.32 Å². The molecule has 1 aromatic carbocycles. The first-order valence-electron chi connectivity index (χ1n) is 17.6. The van der Waals surface area contributed by atoms with Crippen molar-refractivity contribution in [2.75, 3.05) is 20.1 Å². The number of imidazole rings is 1. The second kappa shape index (κ2) is 14.2. The Labute approximate surface area is 318 Å². The second-order valence-electron chi connectivity index (χ2n) is 14.7. The molecular weight excluding hydrogens is 772 g/mol. The molecule has 4 aromatic heterocycles. The van der Waals surface area contributed by atoms with Gasteiger partial charge in [-0.1, -0.05) is 0 Å². The Morgan fingerprint density at radius 3 is 2.40 bits per heavy atom. The van der Waals surface area contributed by atoms with Crippen LogP contribution in [0.1, 0.15) is 65.9 Å². The van der Waals surface area contributed by atoms with E-state index in [1.54, 1.807) is 0 Å². The lowest BCUT2D eigenvalue weighted by Crippen LogP contribution is -2.57. The fraction of sp³-hybridized carbons (Fsp3) is 0.417. The third kappa shape index (κ3) is 7.29. The van der Waals surface area contributed by atoms with E-state index in [2.05, 4.69) is 25.5 Å². The summed E-state index contributed by atoms with van der Waals surface area (Å²) in [5.41, 5.74) is -3.66. The summed E-state index contributed by atoms with van der Waals surface area (Å²) in [5, 5.41) is 9.94. The molecule has 7 rings (SSSR count). The van der Waals surface area contributed by atoms with Crippen LogP contribution >= 0.6 is 0 Å². The summed E-state index contributed by atoms with van der Waals surface area (Å²) in [7, 11) is 2.91. The minimum Gasteiger partial charge on any atom is -0.349 e. The number of halogens is 8. The fourth-order valence-corrected chi connectivity index (χ4v) is 7.45. The van der Waals surface area contributed by atoms with Crippen LogP contribution in [0.25, 0.3) is 22.3 Å². The average Bonchev–Trinajstić information content (AvgIpc) is 3.90. The van der Waals surface area contributed by atoms with Crippen LogP contribution in [0.5, 0.6) is 0 Å². The molecule has 3 amide bonds. The number of likely N-dealkylation sites (tertiary alicyclic amines) is 1. The van der Waals surface area contributed by atoms with Gasteiger partial charge in [-0.3, -0.25) is 19.1 Å². The van der Waals surface area contributed by atoms with E-state index in [-0.39, 0.29) is 65.0 Å². The highest BCUT2D eigenvalue weighted by Gasteiger charge is 2.42. The Balaban J connectivity index is 1.22. The molecule has 1 saturated heterocycles. The molecule has 13 nitrogen and oxygen atoms in total. The normalized spacial score (nSPS) is 17.0. The van der Waals surface area contributed by atoms with Gasteiger partial charge in [0.25, 0.3) is 11.9 Å². The zero-order valence-corrected chi connectivity index (χ0v) is 30.7. The predicted octanol–water partition coefficient (Wildman–Crippen LogP) is 5.01. The van der Waals surface area contributed by atoms with E-state index in [0.717, 1.165) is 44.9 Å². The van der Waals surface area contributed by atoms with E-state index in [1.807, 2.05) is 0 Å². The number of alkyl halides is 5. The maximum absolute atomic E-state index is 15.7. The molecule has 2 atom stereocenters. The second-order valence-corrected chi connectivity index (χ2v) is 14.7. The van der Waals surface area contributed by atoms with Crippen molar-refractivity contribution in [3.63, 3.8) is 0 Å². The highest BCUT2D eigenvalue weighted by atomic mass is 19.4. The van der Waals surface area contributed by atoms with E-state index in [0.29, 0.717) is 11.2 Å². The first-order valence-corrected chi connectivity index (χ1v) is 17.6. The Morgan fingerprint density at radius 2 is 1.75 bits per heavy atom. The number of aromatic nitrogens is 7. The molecule has 1 fully saturated rings. The van der Waals surface area contributed by atoms with Crippen LogP contribution in [-0.2, 0) is 42.1 Å². The van der Waals surface area contributed by atoms with Crippen molar-refractivity contribution < 1.29 is 49.5 Å². The number of hydrogen-bond acceptors (Lipinski definition) is 7. The summed E-state index contributed by atoms with van der Waals surface area (Å²) in [6.07, 6.45) is -2.75. The first kappa shape index (κ1) is 39.3. The average molecular weight is 807 g/mol. The van der Waals surface area contributed by atoms with Gasteiger partial charge in [-0.2, -0.15) is 31.4 Å². The van der Waals surface area contributed by atoms with Gasteiger partial charge in [-0.15, -0.1) is 5.10 Å². The number of aryl methyl sites for hydroxylation is 1. The molecule has 2 aliphatic rings. The van der Waals surface area contributed by atoms with Crippen molar-refractivity contribution in [2.45, 2.75) is 69.9 Å². The molecule has 0 bridgehead atoms. The summed E-state index contributed by atoms with van der Waals surface area (Å²) in [6.45, 7) is -0.0502. The van der Waals surface area contributed by atoms with Gasteiger partial charge in [0, 0.05) is 69.6 Å². The third-order valence-electron chi connectivity index (χ3n) is 10.2. The number of carbonyl (C=O) groups excluding carboxylic acids is 3. The number of carbonyl (C=O) groups is 3. The van der Waals surface area contributed by atoms with E-state index in [1.165, 1.54) is 38.9 Å². The van der Waals surface area contributed by atoms with E-state index in [9.17, 15) is 40.7 Å². The van der Waals surface area contributed by atoms with Crippen LogP contribution in [0, 0.1) is 17.6 Å². The molecule has 0 aliphatic carbocycles. The molecule has 1 N–H and O–H groups in total. The molecule has 6 heterocycles. The number of rotatable bonds is 10. The minimum atomic E-state index is -4.85. The number of fused-ring (bicyclic) bond motifs is 2. The molecule has 5 aromatic rings. The number of hydrogen-bond donors (Lipinski definition) is 1. The smallest absolute Gasteiger partial charge is 0.349 e. The largest absolute Gasteiger partial charge is 0.434 e. The Bertz CT molecular complexity index is 2420. The number of nitrogens with one attached hydrogen (secondary N) is 1. The summed E-state index contributed by atoms with van der Waals surface area (Å²) >= 11 is 0. The highest BCUT2D eigenvalue weighted by Crippen LogP contribution is 2.36. The highest BCUT2D eigenvalue weighted by molar-refractivity contribution is 6.01. The molecule has 302 valence electrons. The molecule has 2 aliphatic heterocycles. The van der Waals surface area contributed by atoms with Crippen LogP contribution in [0.4, 0.5) is 35.1 Å². The number of nitrogens with zero attached hydrogens (tertiary/aromatic N) is 9. The van der Waals surface area contributed by atoms with Gasteiger partial charge < -0.3 is 19.7 Å². The molecule has 1 unspecified atom stereocenters. The topological polar surface area (TPSA) is 136 Å². The summed E-state index contributed by atoms with van der Waals surface area (Å²) < 4.78 is 117. The third-order valence-corrected chi connectivity index (χ3v) is 10.2. The first-order chi connectivity index (χ1) is 26.7. The van der Waals surface area contributed by atoms with Gasteiger partial charge in [-0.05, 0) is 49.9 Å². The predicted molar refractivity (Wildman–Crippen MR) is 184 cm³/mol. The van der Waals surface area contributed by atoms with Crippen LogP contribution in [0.15, 0.2) is 36.8 Å². The summed E-state index contributed by atoms with van der Waals surface area (Å²) in [4.78, 5) is 51.6. The van der Waals surface area contributed by atoms with Gasteiger partial charge in [-0.25, -0.2) is 23.4 Å². The van der Waals surface area contributed by atoms with Crippen molar-refractivity contribution in [3.05, 3.63) is 82.6 Å². The standard InChI is InChI=1S/C36H34F8N10O3/c1-35(2,13-26-46-25(36(42,43)44)16-53(26)22-8-9-50(3)32(22)56)48-31(55)24(11-17-14-45-54(15-17)34(40)41)52-10-7-18-19(5-6-20(37)27(18)33(52)57)28-21(38)12-23-29(47-28)30(39)49-51(23)4/h5-6,12,14-16,22,24,34H,7-11,13H2,1-4H3,(H,48,55)/t22?,24-/m1/s1. The maximum Gasteiger partial charge on any atom is 0.434 e. The van der Waals surface area contributed by atoms with Crippen LogP contribution in [0.2, 0.25) is 0 Å². The van der Waals surface area contributed by atoms with Crippen LogP contribution in [-0.4, -0.2) is 93.3 Å². The van der Waals surface area contributed by atoms with Crippen molar-refractivity contribution in [2.24, 2.45) is 7.05 Å². The molecule has 0 saturated carbocycles. The number of pyridine rings is 1. The van der Waals surface area contributed by atoms with E-state index in [4.69, 9.17) is 0 Å². The quantitative estimate of drug-likeness (QED) is 0.196. The fourth-order valence-electron chi connectivity index (χ4n) is 7.45. The lowest BCUT2D eigenvalue weighted by atomic mass is 9.89. The number of likely N-dealkylation sites (N-methyl/N-ethyl adjacent to an activating group) is 1. The molecule has 21 heteroatoms. The van der Waals surface area contributed by atoms with Gasteiger partial charge in [0.15, 0.2) is 11.5 Å². The van der Waals surface area contributed by atoms with Crippen molar-refractivity contribution in [1.82, 2.24) is 49.2 Å².